The molecular formula is C14H17F3N2O2. The van der Waals surface area contributed by atoms with Crippen molar-refractivity contribution in [2.24, 2.45) is 0 Å². The van der Waals surface area contributed by atoms with Crippen molar-refractivity contribution in [3.8, 4) is 0 Å². The molecule has 0 radical (unpaired) electrons. The first-order valence-electron chi connectivity index (χ1n) is 6.29. The summed E-state index contributed by atoms with van der Waals surface area (Å²) in [6.07, 6.45) is -4.01. The van der Waals surface area contributed by atoms with E-state index in [1.807, 2.05) is 0 Å². The molecule has 0 spiro atoms. The minimum Gasteiger partial charge on any atom is -0.395 e. The number of carbonyl (C=O) groups is 1. The number of carbonyl (C=O) groups excluding carboxylic acids is 1. The van der Waals surface area contributed by atoms with Crippen LogP contribution in [0, 0.1) is 0 Å². The van der Waals surface area contributed by atoms with Gasteiger partial charge in [0, 0.05) is 18.8 Å². The molecule has 0 aliphatic carbocycles. The quantitative estimate of drug-likeness (QED) is 0.794. The molecule has 1 aromatic carbocycles. The molecule has 1 rings (SSSR count). The first-order chi connectivity index (χ1) is 9.87. The highest BCUT2D eigenvalue weighted by molar-refractivity contribution is 5.90. The fraction of sp³-hybridized carbons (Fsp3) is 0.357. The van der Waals surface area contributed by atoms with Gasteiger partial charge in [-0.1, -0.05) is 24.3 Å². The van der Waals surface area contributed by atoms with E-state index in [-0.39, 0.29) is 30.9 Å². The number of halogens is 3. The Hall–Kier alpha value is -2.02. The summed E-state index contributed by atoms with van der Waals surface area (Å²) in [5, 5.41) is 11.3. The zero-order valence-electron chi connectivity index (χ0n) is 11.4. The molecule has 0 aromatic heterocycles. The van der Waals surface area contributed by atoms with Gasteiger partial charge in [-0.3, -0.25) is 0 Å². The number of rotatable bonds is 6. The van der Waals surface area contributed by atoms with Gasteiger partial charge >= 0.3 is 12.2 Å². The Morgan fingerprint density at radius 3 is 2.62 bits per heavy atom. The van der Waals surface area contributed by atoms with Gasteiger partial charge in [0.1, 0.15) is 0 Å². The van der Waals surface area contributed by atoms with Crippen molar-refractivity contribution in [1.29, 1.82) is 0 Å². The number of aliphatic hydroxyl groups excluding tert-OH is 1. The van der Waals surface area contributed by atoms with Gasteiger partial charge in [-0.05, 0) is 11.6 Å². The number of hydrogen-bond acceptors (Lipinski definition) is 2. The number of para-hydroxylation sites is 1. The highest BCUT2D eigenvalue weighted by Crippen LogP contribution is 2.26. The van der Waals surface area contributed by atoms with Crippen LogP contribution < -0.4 is 5.32 Å². The second-order valence-corrected chi connectivity index (χ2v) is 4.34. The Morgan fingerprint density at radius 1 is 1.38 bits per heavy atom. The number of amides is 2. The molecule has 0 fully saturated rings. The largest absolute Gasteiger partial charge is 0.395 e. The van der Waals surface area contributed by atoms with Crippen LogP contribution in [0.2, 0.25) is 0 Å². The maximum atomic E-state index is 12.5. The summed E-state index contributed by atoms with van der Waals surface area (Å²) in [5.74, 6) is 0. The van der Waals surface area contributed by atoms with E-state index in [0.29, 0.717) is 0 Å². The molecule has 0 unspecified atom stereocenters. The molecule has 0 bridgehead atoms. The van der Waals surface area contributed by atoms with E-state index < -0.39 is 18.6 Å². The number of nitrogens with zero attached hydrogens (tertiary/aromatic N) is 1. The number of hydrogen-bond donors (Lipinski definition) is 2. The summed E-state index contributed by atoms with van der Waals surface area (Å²) >= 11 is 0. The zero-order valence-corrected chi connectivity index (χ0v) is 11.4. The lowest BCUT2D eigenvalue weighted by atomic mass is 10.1. The van der Waals surface area contributed by atoms with Gasteiger partial charge in [0.05, 0.1) is 13.0 Å². The van der Waals surface area contributed by atoms with Gasteiger partial charge in [0.2, 0.25) is 0 Å². The summed E-state index contributed by atoms with van der Waals surface area (Å²) in [5.41, 5.74) is 0.0905. The van der Waals surface area contributed by atoms with Crippen LogP contribution in [-0.2, 0) is 6.42 Å². The fourth-order valence-corrected chi connectivity index (χ4v) is 1.76. The summed E-state index contributed by atoms with van der Waals surface area (Å²) in [7, 11) is 0. The van der Waals surface area contributed by atoms with Crippen molar-refractivity contribution in [3.05, 3.63) is 42.5 Å². The number of aliphatic hydroxyl groups is 1. The molecule has 4 nitrogen and oxygen atoms in total. The van der Waals surface area contributed by atoms with Gasteiger partial charge in [-0.15, -0.1) is 6.58 Å². The molecule has 1 aromatic rings. The van der Waals surface area contributed by atoms with E-state index >= 15 is 0 Å². The zero-order chi connectivity index (χ0) is 15.9. The summed E-state index contributed by atoms with van der Waals surface area (Å²) < 4.78 is 37.5. The SMILES string of the molecule is C=CCN(CCO)C(=O)Nc1ccccc1CC(F)(F)F. The minimum atomic E-state index is -4.35. The maximum absolute atomic E-state index is 12.5. The van der Waals surface area contributed by atoms with Crippen LogP contribution in [-0.4, -0.2) is 41.9 Å². The van der Waals surface area contributed by atoms with Crippen molar-refractivity contribution in [3.63, 3.8) is 0 Å². The third-order valence-corrected chi connectivity index (χ3v) is 2.66. The van der Waals surface area contributed by atoms with Crippen molar-refractivity contribution >= 4 is 11.7 Å². The molecule has 7 heteroatoms. The lowest BCUT2D eigenvalue weighted by Crippen LogP contribution is -2.37. The van der Waals surface area contributed by atoms with Crippen LogP contribution in [0.4, 0.5) is 23.7 Å². The van der Waals surface area contributed by atoms with Crippen LogP contribution in [0.15, 0.2) is 36.9 Å². The van der Waals surface area contributed by atoms with E-state index in [4.69, 9.17) is 5.11 Å². The Kier molecular flexibility index (Phi) is 6.23. The van der Waals surface area contributed by atoms with Gasteiger partial charge in [-0.25, -0.2) is 4.79 Å². The highest BCUT2D eigenvalue weighted by Gasteiger charge is 2.29. The third kappa shape index (κ3) is 5.86. The number of nitrogens with one attached hydrogen (secondary N) is 1. The molecule has 0 heterocycles. The van der Waals surface area contributed by atoms with E-state index in [1.54, 1.807) is 6.07 Å². The number of anilines is 1. The predicted octanol–water partition coefficient (Wildman–Crippen LogP) is 2.80. The van der Waals surface area contributed by atoms with Gasteiger partial charge < -0.3 is 15.3 Å². The molecule has 0 saturated heterocycles. The third-order valence-electron chi connectivity index (χ3n) is 2.66. The van der Waals surface area contributed by atoms with E-state index in [9.17, 15) is 18.0 Å². The van der Waals surface area contributed by atoms with Gasteiger partial charge in [0.25, 0.3) is 0 Å². The fourth-order valence-electron chi connectivity index (χ4n) is 1.76. The van der Waals surface area contributed by atoms with Crippen LogP contribution in [0.3, 0.4) is 0 Å². The van der Waals surface area contributed by atoms with Crippen molar-refractivity contribution in [2.45, 2.75) is 12.6 Å². The Labute approximate surface area is 120 Å². The first-order valence-corrected chi connectivity index (χ1v) is 6.29. The number of benzene rings is 1. The lowest BCUT2D eigenvalue weighted by molar-refractivity contribution is -0.127. The number of urea groups is 1. The van der Waals surface area contributed by atoms with E-state index in [1.165, 1.54) is 29.2 Å². The van der Waals surface area contributed by atoms with Gasteiger partial charge in [0.15, 0.2) is 0 Å². The number of alkyl halides is 3. The van der Waals surface area contributed by atoms with Crippen LogP contribution in [0.1, 0.15) is 5.56 Å². The lowest BCUT2D eigenvalue weighted by Gasteiger charge is -2.21. The Morgan fingerprint density at radius 2 is 2.05 bits per heavy atom. The van der Waals surface area contributed by atoms with Crippen molar-refractivity contribution < 1.29 is 23.1 Å². The molecule has 21 heavy (non-hydrogen) atoms. The average Bonchev–Trinajstić information content (AvgIpc) is 2.39. The average molecular weight is 302 g/mol. The minimum absolute atomic E-state index is 0.0131. The van der Waals surface area contributed by atoms with Crippen molar-refractivity contribution in [1.82, 2.24) is 4.90 Å². The summed E-state index contributed by atoms with van der Waals surface area (Å²) in [4.78, 5) is 13.2. The normalized spacial score (nSPS) is 11.0. The second kappa shape index (κ2) is 7.68. The van der Waals surface area contributed by atoms with Crippen LogP contribution >= 0.6 is 0 Å². The predicted molar refractivity (Wildman–Crippen MR) is 74.1 cm³/mol. The molecule has 116 valence electrons. The Balaban J connectivity index is 2.86. The van der Waals surface area contributed by atoms with Gasteiger partial charge in [-0.2, -0.15) is 13.2 Å². The summed E-state index contributed by atoms with van der Waals surface area (Å²) in [6.45, 7) is 3.50. The molecule has 0 aliphatic rings. The molecule has 0 saturated carbocycles. The second-order valence-electron chi connectivity index (χ2n) is 4.34. The highest BCUT2D eigenvalue weighted by atomic mass is 19.4. The van der Waals surface area contributed by atoms with Crippen LogP contribution in [0.25, 0.3) is 0 Å². The molecule has 2 amide bonds. The molecule has 0 aliphatic heterocycles. The van der Waals surface area contributed by atoms with Crippen LogP contribution in [0.5, 0.6) is 0 Å². The Bertz CT molecular complexity index is 489. The molecule has 0 atom stereocenters. The monoisotopic (exact) mass is 302 g/mol. The van der Waals surface area contributed by atoms with E-state index in [0.717, 1.165) is 0 Å². The first kappa shape index (κ1) is 17.0. The molecule has 2 N–H and O–H groups in total. The van der Waals surface area contributed by atoms with E-state index in [2.05, 4.69) is 11.9 Å². The maximum Gasteiger partial charge on any atom is 0.393 e. The summed E-state index contributed by atoms with van der Waals surface area (Å²) in [6, 6.07) is 5.15. The molecular weight excluding hydrogens is 285 g/mol. The topological polar surface area (TPSA) is 52.6 Å². The van der Waals surface area contributed by atoms with Crippen molar-refractivity contribution in [2.75, 3.05) is 25.0 Å². The smallest absolute Gasteiger partial charge is 0.393 e. The standard InChI is InChI=1S/C14H17F3N2O2/c1-2-7-19(8-9-20)13(21)18-12-6-4-3-5-11(12)10-14(15,16)17/h2-6,20H,1,7-10H2,(H,18,21).